The second kappa shape index (κ2) is 8.63. The number of ether oxygens (including phenoxy) is 2. The molecule has 0 aliphatic rings. The Hall–Kier alpha value is -4.00. The van der Waals surface area contributed by atoms with Crippen molar-refractivity contribution in [2.45, 2.75) is 6.92 Å². The maximum atomic E-state index is 14.3. The third-order valence-electron chi connectivity index (χ3n) is 5.13. The minimum Gasteiger partial charge on any atom is -0.493 e. The Kier molecular flexibility index (Phi) is 5.73. The van der Waals surface area contributed by atoms with Gasteiger partial charge in [0.1, 0.15) is 17.5 Å². The molecular formula is C25H20F2N2O3. The number of aromatic nitrogens is 2. The number of aryl methyl sites for hydroxylation is 1. The van der Waals surface area contributed by atoms with Crippen LogP contribution in [0.25, 0.3) is 28.7 Å². The molecule has 4 aromatic rings. The maximum Gasteiger partial charge on any atom is 0.266 e. The number of hydrogen-bond donors (Lipinski definition) is 0. The van der Waals surface area contributed by atoms with Crippen LogP contribution in [0.3, 0.4) is 0 Å². The van der Waals surface area contributed by atoms with Gasteiger partial charge in [-0.2, -0.15) is 0 Å². The second-order valence-corrected chi connectivity index (χ2v) is 7.12. The summed E-state index contributed by atoms with van der Waals surface area (Å²) in [6.45, 7) is 1.64. The van der Waals surface area contributed by atoms with Gasteiger partial charge in [-0.15, -0.1) is 0 Å². The van der Waals surface area contributed by atoms with Gasteiger partial charge in [0.05, 0.1) is 30.8 Å². The van der Waals surface area contributed by atoms with E-state index in [9.17, 15) is 13.6 Å². The fourth-order valence-corrected chi connectivity index (χ4v) is 3.39. The van der Waals surface area contributed by atoms with Crippen molar-refractivity contribution in [3.8, 4) is 17.2 Å². The van der Waals surface area contributed by atoms with Gasteiger partial charge in [0.2, 0.25) is 0 Å². The molecule has 0 atom stereocenters. The number of fused-ring (bicyclic) bond motifs is 1. The lowest BCUT2D eigenvalue weighted by atomic mass is 10.1. The lowest BCUT2D eigenvalue weighted by Gasteiger charge is -2.14. The molecule has 1 heterocycles. The summed E-state index contributed by atoms with van der Waals surface area (Å²) < 4.78 is 40.4. The van der Waals surface area contributed by atoms with Crippen molar-refractivity contribution in [3.63, 3.8) is 0 Å². The lowest BCUT2D eigenvalue weighted by Crippen LogP contribution is -2.22. The fourth-order valence-electron chi connectivity index (χ4n) is 3.39. The molecule has 0 fully saturated rings. The zero-order valence-corrected chi connectivity index (χ0v) is 17.7. The Morgan fingerprint density at radius 2 is 1.62 bits per heavy atom. The Bertz CT molecular complexity index is 1410. The summed E-state index contributed by atoms with van der Waals surface area (Å²) in [4.78, 5) is 18.1. The fraction of sp³-hybridized carbons (Fsp3) is 0.120. The van der Waals surface area contributed by atoms with Crippen LogP contribution in [0.1, 0.15) is 17.0 Å². The number of benzene rings is 3. The zero-order valence-electron chi connectivity index (χ0n) is 17.7. The van der Waals surface area contributed by atoms with E-state index < -0.39 is 17.2 Å². The van der Waals surface area contributed by atoms with Crippen LogP contribution in [0.5, 0.6) is 11.5 Å². The van der Waals surface area contributed by atoms with Gasteiger partial charge >= 0.3 is 0 Å². The van der Waals surface area contributed by atoms with Gasteiger partial charge < -0.3 is 9.47 Å². The van der Waals surface area contributed by atoms with Crippen molar-refractivity contribution in [3.05, 3.63) is 93.5 Å². The molecule has 0 radical (unpaired) electrons. The summed E-state index contributed by atoms with van der Waals surface area (Å²) >= 11 is 0. The van der Waals surface area contributed by atoms with E-state index in [-0.39, 0.29) is 11.2 Å². The van der Waals surface area contributed by atoms with Crippen molar-refractivity contribution < 1.29 is 18.3 Å². The van der Waals surface area contributed by atoms with Gasteiger partial charge in [0.25, 0.3) is 5.56 Å². The summed E-state index contributed by atoms with van der Waals surface area (Å²) in [7, 11) is 2.95. The average Bonchev–Trinajstić information content (AvgIpc) is 2.79. The Morgan fingerprint density at radius 3 is 2.31 bits per heavy atom. The summed E-state index contributed by atoms with van der Waals surface area (Å²) in [5.41, 5.74) is 1.02. The molecule has 0 spiro atoms. The first-order valence-electron chi connectivity index (χ1n) is 9.81. The molecule has 0 amide bonds. The number of nitrogens with zero attached hydrogens (tertiary/aromatic N) is 2. The first-order chi connectivity index (χ1) is 15.4. The van der Waals surface area contributed by atoms with Gasteiger partial charge in [-0.05, 0) is 48.9 Å². The first kappa shape index (κ1) is 21.2. The van der Waals surface area contributed by atoms with Crippen LogP contribution < -0.4 is 15.0 Å². The third-order valence-corrected chi connectivity index (χ3v) is 5.13. The summed E-state index contributed by atoms with van der Waals surface area (Å²) in [5, 5.41) is 0.270. The van der Waals surface area contributed by atoms with E-state index >= 15 is 0 Å². The Labute approximate surface area is 183 Å². The van der Waals surface area contributed by atoms with E-state index in [2.05, 4.69) is 4.98 Å². The monoisotopic (exact) mass is 434 g/mol. The topological polar surface area (TPSA) is 53.4 Å². The molecule has 0 N–H and O–H groups in total. The van der Waals surface area contributed by atoms with E-state index in [0.717, 1.165) is 0 Å². The molecule has 32 heavy (non-hydrogen) atoms. The molecule has 3 aromatic carbocycles. The smallest absolute Gasteiger partial charge is 0.266 e. The van der Waals surface area contributed by atoms with Crippen LogP contribution in [-0.2, 0) is 0 Å². The molecule has 0 unspecified atom stereocenters. The minimum atomic E-state index is -0.453. The normalized spacial score (nSPS) is 11.3. The highest BCUT2D eigenvalue weighted by atomic mass is 19.1. The highest BCUT2D eigenvalue weighted by Gasteiger charge is 2.16. The van der Waals surface area contributed by atoms with Crippen molar-refractivity contribution in [1.29, 1.82) is 0 Å². The van der Waals surface area contributed by atoms with Crippen LogP contribution >= 0.6 is 0 Å². The van der Waals surface area contributed by atoms with Gasteiger partial charge in [-0.25, -0.2) is 13.8 Å². The molecule has 7 heteroatoms. The number of methoxy groups -OCH3 is 2. The molecule has 5 nitrogen and oxygen atoms in total. The largest absolute Gasteiger partial charge is 0.493 e. The predicted molar refractivity (Wildman–Crippen MR) is 120 cm³/mol. The number of halogens is 2. The van der Waals surface area contributed by atoms with Crippen LogP contribution in [0.2, 0.25) is 0 Å². The summed E-state index contributed by atoms with van der Waals surface area (Å²) in [6.07, 6.45) is 3.04. The van der Waals surface area contributed by atoms with E-state index in [4.69, 9.17) is 9.47 Å². The second-order valence-electron chi connectivity index (χ2n) is 7.12. The van der Waals surface area contributed by atoms with Crippen LogP contribution in [0.15, 0.2) is 59.4 Å². The molecule has 0 saturated heterocycles. The van der Waals surface area contributed by atoms with Crippen LogP contribution in [-0.4, -0.2) is 23.8 Å². The number of hydrogen-bond acceptors (Lipinski definition) is 4. The molecule has 1 aromatic heterocycles. The first-order valence-corrected chi connectivity index (χ1v) is 9.81. The predicted octanol–water partition coefficient (Wildman–Crippen LogP) is 5.16. The van der Waals surface area contributed by atoms with Gasteiger partial charge in [-0.1, -0.05) is 24.3 Å². The van der Waals surface area contributed by atoms with Crippen LogP contribution in [0, 0.1) is 18.6 Å². The van der Waals surface area contributed by atoms with Crippen molar-refractivity contribution in [2.24, 2.45) is 0 Å². The molecule has 0 aliphatic heterocycles. The SMILES string of the molecule is COc1cc2nc(/C=C/c3ccccc3F)n(-c3ccc(C)c(F)c3)c(=O)c2cc1OC. The van der Waals surface area contributed by atoms with Crippen LogP contribution in [0.4, 0.5) is 8.78 Å². The number of rotatable bonds is 5. The average molecular weight is 434 g/mol. The van der Waals surface area contributed by atoms with Gasteiger partial charge in [0, 0.05) is 11.6 Å². The maximum absolute atomic E-state index is 14.3. The standard InChI is InChI=1S/C25H20F2N2O3/c1-15-8-10-17(12-20(15)27)29-24(11-9-16-6-4-5-7-19(16)26)28-21-14-23(32-3)22(31-2)13-18(21)25(29)30/h4-14H,1-3H3/b11-9+. The molecule has 0 bridgehead atoms. The van der Waals surface area contributed by atoms with E-state index in [0.29, 0.717) is 33.8 Å². The van der Waals surface area contributed by atoms with E-state index in [1.807, 2.05) is 0 Å². The lowest BCUT2D eigenvalue weighted by molar-refractivity contribution is 0.355. The minimum absolute atomic E-state index is 0.209. The van der Waals surface area contributed by atoms with Crippen molar-refractivity contribution >= 4 is 23.1 Å². The molecular weight excluding hydrogens is 414 g/mol. The summed E-state index contributed by atoms with van der Waals surface area (Å²) in [5.74, 6) is 0.128. The van der Waals surface area contributed by atoms with Crippen molar-refractivity contribution in [2.75, 3.05) is 14.2 Å². The van der Waals surface area contributed by atoms with Crippen molar-refractivity contribution in [1.82, 2.24) is 9.55 Å². The van der Waals surface area contributed by atoms with E-state index in [1.54, 1.807) is 43.3 Å². The quantitative estimate of drug-likeness (QED) is 0.435. The highest BCUT2D eigenvalue weighted by Crippen LogP contribution is 2.30. The zero-order chi connectivity index (χ0) is 22.8. The summed E-state index contributed by atoms with van der Waals surface area (Å²) in [6, 6.07) is 13.9. The Morgan fingerprint density at radius 1 is 0.906 bits per heavy atom. The molecule has 0 saturated carbocycles. The highest BCUT2D eigenvalue weighted by molar-refractivity contribution is 5.83. The van der Waals surface area contributed by atoms with E-state index in [1.165, 1.54) is 49.1 Å². The van der Waals surface area contributed by atoms with Gasteiger partial charge in [-0.3, -0.25) is 9.36 Å². The molecule has 0 aliphatic carbocycles. The molecule has 4 rings (SSSR count). The van der Waals surface area contributed by atoms with Gasteiger partial charge in [0.15, 0.2) is 11.5 Å². The third kappa shape index (κ3) is 3.85. The Balaban J connectivity index is 2.02. The molecule has 162 valence electrons.